The smallest absolute Gasteiger partial charge is 0.242 e. The maximum absolute atomic E-state index is 12.2. The van der Waals surface area contributed by atoms with Crippen LogP contribution in [0.25, 0.3) is 0 Å². The standard InChI is InChI=1S/C19H23BrN2O3S2/c1-14(15-8-10-16(11-9-15)27(24,25)22(2)3)21-19(23)12-13-26-18-7-5-4-6-17(18)20/h4-11,14H,12-13H2,1-3H3,(H,21,23). The average molecular weight is 471 g/mol. The van der Waals surface area contributed by atoms with Crippen molar-refractivity contribution in [3.05, 3.63) is 58.6 Å². The van der Waals surface area contributed by atoms with E-state index in [4.69, 9.17) is 0 Å². The molecule has 0 aliphatic heterocycles. The first kappa shape index (κ1) is 21.9. The number of sulfonamides is 1. The van der Waals surface area contributed by atoms with Crippen molar-refractivity contribution >= 4 is 43.6 Å². The Morgan fingerprint density at radius 1 is 1.15 bits per heavy atom. The highest BCUT2D eigenvalue weighted by molar-refractivity contribution is 9.10. The summed E-state index contributed by atoms with van der Waals surface area (Å²) in [4.78, 5) is 13.5. The van der Waals surface area contributed by atoms with Crippen LogP contribution in [0, 0.1) is 0 Å². The zero-order valence-electron chi connectivity index (χ0n) is 15.5. The van der Waals surface area contributed by atoms with Crippen LogP contribution in [-0.2, 0) is 14.8 Å². The van der Waals surface area contributed by atoms with Gasteiger partial charge < -0.3 is 5.32 Å². The number of rotatable bonds is 8. The van der Waals surface area contributed by atoms with Crippen molar-refractivity contribution in [2.75, 3.05) is 19.8 Å². The Labute approximate surface area is 173 Å². The maximum atomic E-state index is 12.2. The number of hydrogen-bond donors (Lipinski definition) is 1. The van der Waals surface area contributed by atoms with Crippen molar-refractivity contribution in [2.45, 2.75) is 29.2 Å². The Bertz CT molecular complexity index is 884. The molecular formula is C19H23BrN2O3S2. The SMILES string of the molecule is CC(NC(=O)CCSc1ccccc1Br)c1ccc(S(=O)(=O)N(C)C)cc1. The van der Waals surface area contributed by atoms with Crippen LogP contribution in [0.1, 0.15) is 24.9 Å². The van der Waals surface area contributed by atoms with Crippen LogP contribution in [0.3, 0.4) is 0 Å². The molecule has 0 saturated heterocycles. The number of carbonyl (C=O) groups is 1. The van der Waals surface area contributed by atoms with Crippen molar-refractivity contribution < 1.29 is 13.2 Å². The fourth-order valence-electron chi connectivity index (χ4n) is 2.35. The predicted octanol–water partition coefficient (Wildman–Crippen LogP) is 4.06. The molecule has 1 atom stereocenters. The molecule has 27 heavy (non-hydrogen) atoms. The molecule has 0 saturated carbocycles. The first-order valence-corrected chi connectivity index (χ1v) is 11.6. The number of nitrogens with one attached hydrogen (secondary N) is 1. The normalized spacial score (nSPS) is 12.8. The number of benzene rings is 2. The molecule has 1 N–H and O–H groups in total. The molecule has 1 unspecified atom stereocenters. The summed E-state index contributed by atoms with van der Waals surface area (Å²) >= 11 is 5.12. The van der Waals surface area contributed by atoms with Crippen LogP contribution in [0.4, 0.5) is 0 Å². The monoisotopic (exact) mass is 470 g/mol. The number of halogens is 1. The lowest BCUT2D eigenvalue weighted by molar-refractivity contribution is -0.121. The van der Waals surface area contributed by atoms with Crippen LogP contribution < -0.4 is 5.32 Å². The lowest BCUT2D eigenvalue weighted by Crippen LogP contribution is -2.27. The first-order valence-electron chi connectivity index (χ1n) is 8.41. The van der Waals surface area contributed by atoms with Crippen LogP contribution in [0.5, 0.6) is 0 Å². The molecular weight excluding hydrogens is 448 g/mol. The minimum absolute atomic E-state index is 0.0351. The zero-order chi connectivity index (χ0) is 20.0. The van der Waals surface area contributed by atoms with E-state index in [1.807, 2.05) is 31.2 Å². The molecule has 5 nitrogen and oxygen atoms in total. The third kappa shape index (κ3) is 6.07. The number of thioether (sulfide) groups is 1. The summed E-state index contributed by atoms with van der Waals surface area (Å²) in [6, 6.07) is 14.3. The fraction of sp³-hybridized carbons (Fsp3) is 0.316. The minimum atomic E-state index is -3.44. The van der Waals surface area contributed by atoms with Gasteiger partial charge in [0.1, 0.15) is 0 Å². The topological polar surface area (TPSA) is 66.5 Å². The predicted molar refractivity (Wildman–Crippen MR) is 113 cm³/mol. The Hall–Kier alpha value is -1.35. The Balaban J connectivity index is 1.88. The van der Waals surface area contributed by atoms with Gasteiger partial charge in [0.25, 0.3) is 0 Å². The van der Waals surface area contributed by atoms with E-state index in [0.717, 1.165) is 14.9 Å². The van der Waals surface area contributed by atoms with Gasteiger partial charge in [0, 0.05) is 35.6 Å². The Morgan fingerprint density at radius 2 is 1.78 bits per heavy atom. The summed E-state index contributed by atoms with van der Waals surface area (Å²) in [5, 5.41) is 2.95. The fourth-order valence-corrected chi connectivity index (χ4v) is 4.77. The van der Waals surface area contributed by atoms with Crippen molar-refractivity contribution in [2.24, 2.45) is 0 Å². The Kier molecular flexibility index (Phi) is 7.91. The van der Waals surface area contributed by atoms with Gasteiger partial charge in [-0.2, -0.15) is 0 Å². The second kappa shape index (κ2) is 9.73. The number of nitrogens with zero attached hydrogens (tertiary/aromatic N) is 1. The third-order valence-electron chi connectivity index (χ3n) is 3.96. The second-order valence-electron chi connectivity index (χ2n) is 6.17. The van der Waals surface area contributed by atoms with Gasteiger partial charge in [0.15, 0.2) is 0 Å². The molecule has 2 aromatic rings. The van der Waals surface area contributed by atoms with Crippen molar-refractivity contribution in [3.63, 3.8) is 0 Å². The number of carbonyl (C=O) groups excluding carboxylic acids is 1. The van der Waals surface area contributed by atoms with E-state index in [0.29, 0.717) is 12.2 Å². The molecule has 146 valence electrons. The molecule has 0 radical (unpaired) electrons. The van der Waals surface area contributed by atoms with Crippen LogP contribution in [-0.4, -0.2) is 38.5 Å². The minimum Gasteiger partial charge on any atom is -0.350 e. The molecule has 0 heterocycles. The quantitative estimate of drug-likeness (QED) is 0.590. The molecule has 0 aromatic heterocycles. The highest BCUT2D eigenvalue weighted by atomic mass is 79.9. The van der Waals surface area contributed by atoms with Gasteiger partial charge in [0.2, 0.25) is 15.9 Å². The summed E-state index contributed by atoms with van der Waals surface area (Å²) in [6.07, 6.45) is 0.406. The molecule has 0 aliphatic rings. The van der Waals surface area contributed by atoms with Crippen molar-refractivity contribution in [3.8, 4) is 0 Å². The number of amides is 1. The van der Waals surface area contributed by atoms with E-state index in [2.05, 4.69) is 21.2 Å². The Morgan fingerprint density at radius 3 is 2.37 bits per heavy atom. The van der Waals surface area contributed by atoms with E-state index < -0.39 is 10.0 Å². The molecule has 2 rings (SSSR count). The van der Waals surface area contributed by atoms with Gasteiger partial charge in [-0.1, -0.05) is 24.3 Å². The summed E-state index contributed by atoms with van der Waals surface area (Å²) in [6.45, 7) is 1.88. The van der Waals surface area contributed by atoms with Gasteiger partial charge >= 0.3 is 0 Å². The second-order valence-corrected chi connectivity index (χ2v) is 10.3. The highest BCUT2D eigenvalue weighted by Gasteiger charge is 2.17. The molecule has 0 bridgehead atoms. The third-order valence-corrected chi connectivity index (χ3v) is 7.82. The molecule has 0 aliphatic carbocycles. The van der Waals surface area contributed by atoms with Crippen LogP contribution in [0.15, 0.2) is 62.8 Å². The van der Waals surface area contributed by atoms with Gasteiger partial charge in [-0.15, -0.1) is 11.8 Å². The van der Waals surface area contributed by atoms with E-state index >= 15 is 0 Å². The lowest BCUT2D eigenvalue weighted by atomic mass is 10.1. The molecule has 1 amide bonds. The largest absolute Gasteiger partial charge is 0.350 e. The van der Waals surface area contributed by atoms with E-state index in [1.54, 1.807) is 36.0 Å². The average Bonchev–Trinajstić information content (AvgIpc) is 2.63. The van der Waals surface area contributed by atoms with E-state index in [-0.39, 0.29) is 16.8 Å². The summed E-state index contributed by atoms with van der Waals surface area (Å²) in [7, 11) is -0.449. The summed E-state index contributed by atoms with van der Waals surface area (Å²) in [5.41, 5.74) is 0.861. The lowest BCUT2D eigenvalue weighted by Gasteiger charge is -2.16. The zero-order valence-corrected chi connectivity index (χ0v) is 18.7. The van der Waals surface area contributed by atoms with Crippen molar-refractivity contribution in [1.29, 1.82) is 0 Å². The molecule has 8 heteroatoms. The first-order chi connectivity index (χ1) is 12.7. The van der Waals surface area contributed by atoms with Gasteiger partial charge in [-0.25, -0.2) is 12.7 Å². The maximum Gasteiger partial charge on any atom is 0.242 e. The van der Waals surface area contributed by atoms with Crippen molar-refractivity contribution in [1.82, 2.24) is 9.62 Å². The van der Waals surface area contributed by atoms with E-state index in [1.165, 1.54) is 18.4 Å². The highest BCUT2D eigenvalue weighted by Crippen LogP contribution is 2.27. The van der Waals surface area contributed by atoms with Gasteiger partial charge in [-0.05, 0) is 52.7 Å². The molecule has 2 aromatic carbocycles. The summed E-state index contributed by atoms with van der Waals surface area (Å²) in [5.74, 6) is 0.647. The summed E-state index contributed by atoms with van der Waals surface area (Å²) < 4.78 is 26.4. The molecule has 0 spiro atoms. The van der Waals surface area contributed by atoms with Crippen LogP contribution in [0.2, 0.25) is 0 Å². The molecule has 0 fully saturated rings. The van der Waals surface area contributed by atoms with Crippen LogP contribution >= 0.6 is 27.7 Å². The number of hydrogen-bond acceptors (Lipinski definition) is 4. The van der Waals surface area contributed by atoms with E-state index in [9.17, 15) is 13.2 Å². The van der Waals surface area contributed by atoms with Gasteiger partial charge in [-0.3, -0.25) is 4.79 Å². The van der Waals surface area contributed by atoms with Gasteiger partial charge in [0.05, 0.1) is 10.9 Å².